The van der Waals surface area contributed by atoms with Crippen LogP contribution in [0.4, 0.5) is 13.2 Å². The van der Waals surface area contributed by atoms with Crippen LogP contribution >= 0.6 is 0 Å². The normalized spacial score (nSPS) is 11.6. The van der Waals surface area contributed by atoms with Crippen LogP contribution in [0.15, 0.2) is 72.8 Å². The number of hydrogen-bond donors (Lipinski definition) is 1. The lowest BCUT2D eigenvalue weighted by atomic mass is 9.98. The number of aliphatic hydroxyl groups is 1. The predicted octanol–water partition coefficient (Wildman–Crippen LogP) is 6.51. The summed E-state index contributed by atoms with van der Waals surface area (Å²) in [6.07, 6.45) is -4.49. The molecule has 4 rings (SSSR count). The van der Waals surface area contributed by atoms with Gasteiger partial charge in [0.2, 0.25) is 0 Å². The lowest BCUT2D eigenvalue weighted by molar-refractivity contribution is -0.136. The van der Waals surface area contributed by atoms with Crippen LogP contribution in [0, 0.1) is 6.92 Å². The van der Waals surface area contributed by atoms with E-state index in [2.05, 4.69) is 4.98 Å². The molecular formula is C24H18F3NO2. The monoisotopic (exact) mass is 409 g/mol. The molecule has 6 heteroatoms. The zero-order chi connectivity index (χ0) is 21.3. The van der Waals surface area contributed by atoms with Crippen molar-refractivity contribution in [1.82, 2.24) is 4.98 Å². The van der Waals surface area contributed by atoms with E-state index >= 15 is 0 Å². The van der Waals surface area contributed by atoms with Gasteiger partial charge in [-0.25, -0.2) is 0 Å². The molecule has 0 saturated heterocycles. The number of aromatic nitrogens is 1. The fourth-order valence-corrected chi connectivity index (χ4v) is 3.41. The maximum atomic E-state index is 13.5. The third-order valence-electron chi connectivity index (χ3n) is 4.73. The van der Waals surface area contributed by atoms with Crippen molar-refractivity contribution in [2.75, 3.05) is 0 Å². The smallest absolute Gasteiger partial charge is 0.418 e. The quantitative estimate of drug-likeness (QED) is 0.418. The van der Waals surface area contributed by atoms with E-state index in [1.807, 2.05) is 6.07 Å². The van der Waals surface area contributed by atoms with Crippen molar-refractivity contribution in [2.24, 2.45) is 0 Å². The minimum absolute atomic E-state index is 0.0676. The molecule has 152 valence electrons. The van der Waals surface area contributed by atoms with E-state index in [0.29, 0.717) is 28.1 Å². The van der Waals surface area contributed by atoms with E-state index in [1.165, 1.54) is 6.07 Å². The molecular weight excluding hydrogens is 391 g/mol. The first-order valence-corrected chi connectivity index (χ1v) is 9.31. The molecule has 4 aromatic rings. The number of hydrogen-bond acceptors (Lipinski definition) is 3. The van der Waals surface area contributed by atoms with Crippen LogP contribution in [-0.2, 0) is 12.8 Å². The molecule has 3 aromatic carbocycles. The standard InChI is InChI=1S/C24H18F3NO2/c1-15-11-21(20-9-4-10-22(23(20)28-15)24(25,26)27)17-6-3-8-19(13-17)30-18-7-2-5-16(12-18)14-29/h2-13,29H,14H2,1H3. The summed E-state index contributed by atoms with van der Waals surface area (Å²) in [6.45, 7) is 1.58. The highest BCUT2D eigenvalue weighted by atomic mass is 19.4. The van der Waals surface area contributed by atoms with E-state index in [1.54, 1.807) is 61.5 Å². The van der Waals surface area contributed by atoms with Gasteiger partial charge in [-0.1, -0.05) is 36.4 Å². The van der Waals surface area contributed by atoms with Crippen LogP contribution in [-0.4, -0.2) is 10.1 Å². The number of fused-ring (bicyclic) bond motifs is 1. The number of aryl methyl sites for hydroxylation is 1. The predicted molar refractivity (Wildman–Crippen MR) is 109 cm³/mol. The van der Waals surface area contributed by atoms with Crippen molar-refractivity contribution in [1.29, 1.82) is 0 Å². The highest BCUT2D eigenvalue weighted by Crippen LogP contribution is 2.38. The Morgan fingerprint density at radius 2 is 1.60 bits per heavy atom. The summed E-state index contributed by atoms with van der Waals surface area (Å²) in [5.41, 5.74) is 1.77. The van der Waals surface area contributed by atoms with Crippen LogP contribution in [0.2, 0.25) is 0 Å². The Hall–Kier alpha value is -3.38. The highest BCUT2D eigenvalue weighted by Gasteiger charge is 2.33. The van der Waals surface area contributed by atoms with Crippen molar-refractivity contribution in [3.05, 3.63) is 89.6 Å². The molecule has 0 aliphatic rings. The number of pyridine rings is 1. The Balaban J connectivity index is 1.80. The summed E-state index contributed by atoms with van der Waals surface area (Å²) in [5.74, 6) is 1.10. The molecule has 0 amide bonds. The average molecular weight is 409 g/mol. The summed E-state index contributed by atoms with van der Waals surface area (Å²) in [4.78, 5) is 4.16. The number of nitrogens with zero attached hydrogens (tertiary/aromatic N) is 1. The first-order chi connectivity index (χ1) is 14.3. The first-order valence-electron chi connectivity index (χ1n) is 9.31. The molecule has 1 aromatic heterocycles. The van der Waals surface area contributed by atoms with Crippen LogP contribution in [0.1, 0.15) is 16.8 Å². The minimum atomic E-state index is -4.49. The fourth-order valence-electron chi connectivity index (χ4n) is 3.41. The molecule has 1 heterocycles. The summed E-state index contributed by atoms with van der Waals surface area (Å²) in [5, 5.41) is 9.71. The van der Waals surface area contributed by atoms with Gasteiger partial charge in [0.15, 0.2) is 0 Å². The number of ether oxygens (including phenoxy) is 1. The van der Waals surface area contributed by atoms with Gasteiger partial charge in [0, 0.05) is 11.1 Å². The second-order valence-electron chi connectivity index (χ2n) is 6.95. The summed E-state index contributed by atoms with van der Waals surface area (Å²) < 4.78 is 46.3. The van der Waals surface area contributed by atoms with E-state index in [0.717, 1.165) is 17.2 Å². The van der Waals surface area contributed by atoms with Crippen LogP contribution in [0.3, 0.4) is 0 Å². The van der Waals surface area contributed by atoms with Crippen LogP contribution in [0.5, 0.6) is 11.5 Å². The second-order valence-corrected chi connectivity index (χ2v) is 6.95. The Morgan fingerprint density at radius 1 is 0.900 bits per heavy atom. The lowest BCUT2D eigenvalue weighted by Gasteiger charge is -2.14. The third-order valence-corrected chi connectivity index (χ3v) is 4.73. The Kier molecular flexibility index (Phi) is 5.18. The Morgan fingerprint density at radius 3 is 2.33 bits per heavy atom. The van der Waals surface area contributed by atoms with Crippen LogP contribution in [0.25, 0.3) is 22.0 Å². The second kappa shape index (κ2) is 7.80. The van der Waals surface area contributed by atoms with Gasteiger partial charge >= 0.3 is 6.18 Å². The topological polar surface area (TPSA) is 42.4 Å². The molecule has 0 spiro atoms. The molecule has 0 saturated carbocycles. The maximum Gasteiger partial charge on any atom is 0.418 e. The van der Waals surface area contributed by atoms with E-state index in [4.69, 9.17) is 4.74 Å². The highest BCUT2D eigenvalue weighted by molar-refractivity contribution is 5.96. The van der Waals surface area contributed by atoms with Crippen molar-refractivity contribution >= 4 is 10.9 Å². The molecule has 30 heavy (non-hydrogen) atoms. The molecule has 0 radical (unpaired) electrons. The summed E-state index contributed by atoms with van der Waals surface area (Å²) >= 11 is 0. The Bertz CT molecular complexity index is 1220. The SMILES string of the molecule is Cc1cc(-c2cccc(Oc3cccc(CO)c3)c2)c2cccc(C(F)(F)F)c2n1. The molecule has 0 aliphatic carbocycles. The van der Waals surface area contributed by atoms with Gasteiger partial charge in [0.05, 0.1) is 17.7 Å². The maximum absolute atomic E-state index is 13.5. The molecule has 0 bridgehead atoms. The average Bonchev–Trinajstić information content (AvgIpc) is 2.72. The fraction of sp³-hybridized carbons (Fsp3) is 0.125. The molecule has 3 nitrogen and oxygen atoms in total. The molecule has 0 atom stereocenters. The minimum Gasteiger partial charge on any atom is -0.457 e. The van der Waals surface area contributed by atoms with Crippen molar-refractivity contribution in [2.45, 2.75) is 19.7 Å². The van der Waals surface area contributed by atoms with Crippen molar-refractivity contribution < 1.29 is 23.0 Å². The van der Waals surface area contributed by atoms with Gasteiger partial charge in [-0.05, 0) is 60.0 Å². The number of rotatable bonds is 4. The number of halogens is 3. The number of benzene rings is 3. The van der Waals surface area contributed by atoms with Crippen molar-refractivity contribution in [3.8, 4) is 22.6 Å². The molecule has 0 unspecified atom stereocenters. The zero-order valence-corrected chi connectivity index (χ0v) is 16.1. The van der Waals surface area contributed by atoms with E-state index < -0.39 is 11.7 Å². The Labute approximate surface area is 171 Å². The molecule has 1 N–H and O–H groups in total. The summed E-state index contributed by atoms with van der Waals surface area (Å²) in [6, 6.07) is 20.1. The first kappa shape index (κ1) is 19.9. The number of para-hydroxylation sites is 1. The van der Waals surface area contributed by atoms with Gasteiger partial charge in [-0.2, -0.15) is 13.2 Å². The van der Waals surface area contributed by atoms with Gasteiger partial charge in [0.25, 0.3) is 0 Å². The van der Waals surface area contributed by atoms with Gasteiger partial charge < -0.3 is 9.84 Å². The number of aliphatic hydroxyl groups excluding tert-OH is 1. The third kappa shape index (κ3) is 4.00. The van der Waals surface area contributed by atoms with E-state index in [9.17, 15) is 18.3 Å². The van der Waals surface area contributed by atoms with Crippen LogP contribution < -0.4 is 4.74 Å². The van der Waals surface area contributed by atoms with E-state index in [-0.39, 0.29) is 12.1 Å². The summed E-state index contributed by atoms with van der Waals surface area (Å²) in [7, 11) is 0. The molecule has 0 aliphatic heterocycles. The molecule has 0 fully saturated rings. The number of alkyl halides is 3. The van der Waals surface area contributed by atoms with Crippen molar-refractivity contribution in [3.63, 3.8) is 0 Å². The van der Waals surface area contributed by atoms with Gasteiger partial charge in [-0.3, -0.25) is 4.98 Å². The largest absolute Gasteiger partial charge is 0.457 e. The lowest BCUT2D eigenvalue weighted by Crippen LogP contribution is -2.07. The zero-order valence-electron chi connectivity index (χ0n) is 16.1. The van der Waals surface area contributed by atoms with Gasteiger partial charge in [-0.15, -0.1) is 0 Å². The van der Waals surface area contributed by atoms with Gasteiger partial charge in [0.1, 0.15) is 11.5 Å².